The molecule has 1 aromatic heterocycles. The number of aryl methyl sites for hydroxylation is 1. The average Bonchev–Trinajstić information content (AvgIpc) is 2.71. The third kappa shape index (κ3) is 1.16. The lowest BCUT2D eigenvalue weighted by atomic mass is 9.96. The summed E-state index contributed by atoms with van der Waals surface area (Å²) in [6, 6.07) is 4.95. The summed E-state index contributed by atoms with van der Waals surface area (Å²) in [5, 5.41) is 0. The van der Waals surface area contributed by atoms with E-state index in [1.54, 1.807) is 6.33 Å². The Morgan fingerprint density at radius 2 is 2.33 bits per heavy atom. The van der Waals surface area contributed by atoms with Gasteiger partial charge in [0, 0.05) is 24.3 Å². The van der Waals surface area contributed by atoms with Crippen molar-refractivity contribution in [1.82, 2.24) is 9.97 Å². The highest BCUT2D eigenvalue weighted by atomic mass is 15.1. The number of nitrogens with one attached hydrogen (secondary N) is 1. The first-order valence-electron chi connectivity index (χ1n) is 5.45. The van der Waals surface area contributed by atoms with Crippen LogP contribution in [0, 0.1) is 0 Å². The lowest BCUT2D eigenvalue weighted by molar-refractivity contribution is 0.600. The van der Waals surface area contributed by atoms with Crippen LogP contribution in [0.5, 0.6) is 0 Å². The molecule has 0 fully saturated rings. The molecule has 0 radical (unpaired) electrons. The van der Waals surface area contributed by atoms with Gasteiger partial charge in [0.15, 0.2) is 0 Å². The van der Waals surface area contributed by atoms with Crippen LogP contribution >= 0.6 is 0 Å². The van der Waals surface area contributed by atoms with Gasteiger partial charge in [-0.2, -0.15) is 0 Å². The number of hydrogen-bond acceptors (Lipinski definition) is 2. The van der Waals surface area contributed by atoms with Crippen molar-refractivity contribution in [3.63, 3.8) is 0 Å². The number of aromatic nitrogens is 2. The van der Waals surface area contributed by atoms with Gasteiger partial charge in [0.25, 0.3) is 0 Å². The van der Waals surface area contributed by atoms with E-state index in [0.717, 1.165) is 17.5 Å². The second kappa shape index (κ2) is 2.99. The van der Waals surface area contributed by atoms with Crippen molar-refractivity contribution >= 4 is 16.7 Å². The zero-order valence-corrected chi connectivity index (χ0v) is 9.12. The molecule has 2 aromatic rings. The van der Waals surface area contributed by atoms with E-state index >= 15 is 0 Å². The van der Waals surface area contributed by atoms with Gasteiger partial charge >= 0.3 is 0 Å². The summed E-state index contributed by atoms with van der Waals surface area (Å²) in [4.78, 5) is 9.93. The first-order valence-corrected chi connectivity index (χ1v) is 5.45. The Bertz CT molecular complexity index is 501. The van der Waals surface area contributed by atoms with Gasteiger partial charge in [-0.1, -0.05) is 0 Å². The van der Waals surface area contributed by atoms with E-state index in [-0.39, 0.29) is 0 Å². The summed E-state index contributed by atoms with van der Waals surface area (Å²) >= 11 is 0. The third-order valence-corrected chi connectivity index (χ3v) is 3.52. The molecular formula is C12H15N3. The van der Waals surface area contributed by atoms with E-state index in [0.29, 0.717) is 6.04 Å². The molecule has 3 heteroatoms. The largest absolute Gasteiger partial charge is 0.372 e. The fourth-order valence-corrected chi connectivity index (χ4v) is 2.42. The summed E-state index contributed by atoms with van der Waals surface area (Å²) in [5.41, 5.74) is 5.03. The Balaban J connectivity index is 2.26. The number of nitrogens with zero attached hydrogens (tertiary/aromatic N) is 2. The lowest BCUT2D eigenvalue weighted by Crippen LogP contribution is -2.33. The predicted octanol–water partition coefficient (Wildman–Crippen LogP) is 2.33. The van der Waals surface area contributed by atoms with Crippen LogP contribution in [0.25, 0.3) is 11.0 Å². The van der Waals surface area contributed by atoms with Crippen LogP contribution in [-0.4, -0.2) is 23.1 Å². The number of H-pyrrole nitrogens is 1. The molecule has 3 nitrogen and oxygen atoms in total. The Hall–Kier alpha value is -1.51. The molecule has 78 valence electrons. The molecule has 0 saturated heterocycles. The summed E-state index contributed by atoms with van der Waals surface area (Å²) < 4.78 is 0. The number of anilines is 1. The van der Waals surface area contributed by atoms with Crippen LogP contribution in [0.15, 0.2) is 18.5 Å². The molecule has 1 unspecified atom stereocenters. The number of benzene rings is 1. The topological polar surface area (TPSA) is 31.9 Å². The van der Waals surface area contributed by atoms with Crippen LogP contribution in [0.1, 0.15) is 18.9 Å². The summed E-state index contributed by atoms with van der Waals surface area (Å²) in [6.45, 7) is 2.28. The second-order valence-electron chi connectivity index (χ2n) is 4.36. The van der Waals surface area contributed by atoms with E-state index < -0.39 is 0 Å². The van der Waals surface area contributed by atoms with Gasteiger partial charge in [0.1, 0.15) is 0 Å². The highest BCUT2D eigenvalue weighted by molar-refractivity contribution is 5.85. The average molecular weight is 201 g/mol. The van der Waals surface area contributed by atoms with E-state index in [2.05, 4.69) is 41.0 Å². The highest BCUT2D eigenvalue weighted by Gasteiger charge is 2.22. The van der Waals surface area contributed by atoms with Gasteiger partial charge in [-0.25, -0.2) is 4.98 Å². The quantitative estimate of drug-likeness (QED) is 0.709. The number of aromatic amines is 1. The second-order valence-corrected chi connectivity index (χ2v) is 4.36. The Labute approximate surface area is 89.1 Å². The number of rotatable bonds is 0. The molecule has 3 rings (SSSR count). The van der Waals surface area contributed by atoms with Crippen molar-refractivity contribution in [2.75, 3.05) is 11.9 Å². The van der Waals surface area contributed by atoms with Crippen molar-refractivity contribution in [3.8, 4) is 0 Å². The van der Waals surface area contributed by atoms with Crippen LogP contribution in [-0.2, 0) is 6.42 Å². The first-order chi connectivity index (χ1) is 7.27. The molecule has 0 amide bonds. The van der Waals surface area contributed by atoms with Crippen molar-refractivity contribution in [3.05, 3.63) is 24.0 Å². The SMILES string of the molecule is CC1CCc2c(ccc3[nH]cnc23)N1C. The van der Waals surface area contributed by atoms with Gasteiger partial charge in [0.2, 0.25) is 0 Å². The van der Waals surface area contributed by atoms with Crippen molar-refractivity contribution in [2.45, 2.75) is 25.8 Å². The maximum Gasteiger partial charge on any atom is 0.0935 e. The minimum atomic E-state index is 0.633. The maximum atomic E-state index is 4.41. The molecule has 1 atom stereocenters. The smallest absolute Gasteiger partial charge is 0.0935 e. The van der Waals surface area contributed by atoms with Gasteiger partial charge < -0.3 is 9.88 Å². The van der Waals surface area contributed by atoms with E-state index in [4.69, 9.17) is 0 Å². The van der Waals surface area contributed by atoms with E-state index in [1.165, 1.54) is 17.7 Å². The number of fused-ring (bicyclic) bond motifs is 3. The number of hydrogen-bond donors (Lipinski definition) is 1. The van der Waals surface area contributed by atoms with Gasteiger partial charge in [-0.3, -0.25) is 0 Å². The Morgan fingerprint density at radius 3 is 3.20 bits per heavy atom. The van der Waals surface area contributed by atoms with Gasteiger partial charge in [0.05, 0.1) is 17.4 Å². The third-order valence-electron chi connectivity index (χ3n) is 3.52. The van der Waals surface area contributed by atoms with Crippen molar-refractivity contribution in [1.29, 1.82) is 0 Å². The Morgan fingerprint density at radius 1 is 1.47 bits per heavy atom. The molecule has 0 spiro atoms. The van der Waals surface area contributed by atoms with Crippen LogP contribution in [0.3, 0.4) is 0 Å². The molecule has 0 aliphatic carbocycles. The minimum Gasteiger partial charge on any atom is -0.372 e. The summed E-state index contributed by atoms with van der Waals surface area (Å²) in [7, 11) is 2.17. The normalized spacial score (nSPS) is 20.7. The van der Waals surface area contributed by atoms with E-state index in [1.807, 2.05) is 0 Å². The highest BCUT2D eigenvalue weighted by Crippen LogP contribution is 2.33. The van der Waals surface area contributed by atoms with Gasteiger partial charge in [-0.15, -0.1) is 0 Å². The van der Waals surface area contributed by atoms with E-state index in [9.17, 15) is 0 Å². The fraction of sp³-hybridized carbons (Fsp3) is 0.417. The fourth-order valence-electron chi connectivity index (χ4n) is 2.42. The Kier molecular flexibility index (Phi) is 1.75. The predicted molar refractivity (Wildman–Crippen MR) is 62.3 cm³/mol. The zero-order chi connectivity index (χ0) is 10.4. The standard InChI is InChI=1S/C12H15N3/c1-8-3-4-9-11(15(8)2)6-5-10-12(9)14-7-13-10/h5-8H,3-4H2,1-2H3,(H,13,14). The lowest BCUT2D eigenvalue weighted by Gasteiger charge is -2.33. The molecule has 15 heavy (non-hydrogen) atoms. The van der Waals surface area contributed by atoms with Crippen LogP contribution in [0.2, 0.25) is 0 Å². The molecule has 2 heterocycles. The van der Waals surface area contributed by atoms with Crippen LogP contribution < -0.4 is 4.90 Å². The van der Waals surface area contributed by atoms with Crippen LogP contribution in [0.4, 0.5) is 5.69 Å². The summed E-state index contributed by atoms with van der Waals surface area (Å²) in [6.07, 6.45) is 4.14. The monoisotopic (exact) mass is 201 g/mol. The maximum absolute atomic E-state index is 4.41. The molecule has 0 saturated carbocycles. The van der Waals surface area contributed by atoms with Crippen molar-refractivity contribution < 1.29 is 0 Å². The summed E-state index contributed by atoms with van der Waals surface area (Å²) in [5.74, 6) is 0. The van der Waals surface area contributed by atoms with Crippen molar-refractivity contribution in [2.24, 2.45) is 0 Å². The molecule has 1 aliphatic heterocycles. The zero-order valence-electron chi connectivity index (χ0n) is 9.12. The molecular weight excluding hydrogens is 186 g/mol. The number of imidazole rings is 1. The molecule has 0 bridgehead atoms. The minimum absolute atomic E-state index is 0.633. The first kappa shape index (κ1) is 8.77. The molecule has 1 N–H and O–H groups in total. The molecule has 1 aliphatic rings. The molecule has 1 aromatic carbocycles. The van der Waals surface area contributed by atoms with Gasteiger partial charge in [-0.05, 0) is 31.9 Å².